The standard InChI is InChI=1S/C12H23N3/c1-9(2)15-7-10(3)14-11(15)13-8-12(4,5)6/h7,9H,8H2,1-6H3,(H,13,14). The van der Waals surface area contributed by atoms with Crippen molar-refractivity contribution in [3.05, 3.63) is 11.9 Å². The predicted molar refractivity (Wildman–Crippen MR) is 65.3 cm³/mol. The SMILES string of the molecule is Cc1cn(C(C)C)c(NCC(C)(C)C)n1. The van der Waals surface area contributed by atoms with Crippen LogP contribution in [0.25, 0.3) is 0 Å². The van der Waals surface area contributed by atoms with Crippen LogP contribution in [0.15, 0.2) is 6.20 Å². The summed E-state index contributed by atoms with van der Waals surface area (Å²) < 4.78 is 2.18. The third-order valence-corrected chi connectivity index (χ3v) is 2.19. The van der Waals surface area contributed by atoms with Crippen LogP contribution >= 0.6 is 0 Å². The Balaban J connectivity index is 2.76. The van der Waals surface area contributed by atoms with E-state index in [2.05, 4.69) is 55.7 Å². The molecule has 3 heteroatoms. The lowest BCUT2D eigenvalue weighted by molar-refractivity contribution is 0.439. The van der Waals surface area contributed by atoms with E-state index < -0.39 is 0 Å². The monoisotopic (exact) mass is 209 g/mol. The van der Waals surface area contributed by atoms with Gasteiger partial charge in [0.25, 0.3) is 0 Å². The molecule has 0 atom stereocenters. The minimum absolute atomic E-state index is 0.279. The minimum atomic E-state index is 0.279. The van der Waals surface area contributed by atoms with Crippen molar-refractivity contribution >= 4 is 5.95 Å². The van der Waals surface area contributed by atoms with Gasteiger partial charge in [-0.3, -0.25) is 0 Å². The van der Waals surface area contributed by atoms with Gasteiger partial charge in [0.1, 0.15) is 0 Å². The van der Waals surface area contributed by atoms with Gasteiger partial charge in [-0.15, -0.1) is 0 Å². The molecule has 0 spiro atoms. The number of nitrogens with zero attached hydrogens (tertiary/aromatic N) is 2. The van der Waals surface area contributed by atoms with E-state index in [-0.39, 0.29) is 5.41 Å². The molecule has 0 radical (unpaired) electrons. The number of aromatic nitrogens is 2. The molecule has 1 heterocycles. The second-order valence-electron chi connectivity index (χ2n) is 5.62. The Hall–Kier alpha value is -0.990. The van der Waals surface area contributed by atoms with Crippen LogP contribution in [0, 0.1) is 12.3 Å². The van der Waals surface area contributed by atoms with Crippen LogP contribution < -0.4 is 5.32 Å². The molecule has 0 amide bonds. The molecular weight excluding hydrogens is 186 g/mol. The van der Waals surface area contributed by atoms with Crippen molar-refractivity contribution in [1.82, 2.24) is 9.55 Å². The van der Waals surface area contributed by atoms with Crippen LogP contribution in [0.2, 0.25) is 0 Å². The quantitative estimate of drug-likeness (QED) is 0.828. The van der Waals surface area contributed by atoms with Crippen molar-refractivity contribution in [1.29, 1.82) is 0 Å². The van der Waals surface area contributed by atoms with Gasteiger partial charge < -0.3 is 9.88 Å². The molecule has 86 valence electrons. The van der Waals surface area contributed by atoms with Crippen molar-refractivity contribution in [2.45, 2.75) is 47.6 Å². The smallest absolute Gasteiger partial charge is 0.203 e. The van der Waals surface area contributed by atoms with Crippen LogP contribution in [0.4, 0.5) is 5.95 Å². The van der Waals surface area contributed by atoms with Crippen molar-refractivity contribution in [3.63, 3.8) is 0 Å². The first-order valence-corrected chi connectivity index (χ1v) is 5.59. The predicted octanol–water partition coefficient (Wildman–Crippen LogP) is 3.23. The van der Waals surface area contributed by atoms with Gasteiger partial charge in [0.15, 0.2) is 0 Å². The number of aryl methyl sites for hydroxylation is 1. The van der Waals surface area contributed by atoms with E-state index in [0.29, 0.717) is 6.04 Å². The molecule has 1 aromatic heterocycles. The van der Waals surface area contributed by atoms with E-state index in [4.69, 9.17) is 0 Å². The zero-order valence-electron chi connectivity index (χ0n) is 10.8. The summed E-state index contributed by atoms with van der Waals surface area (Å²) in [6.45, 7) is 14.0. The molecule has 15 heavy (non-hydrogen) atoms. The van der Waals surface area contributed by atoms with E-state index in [1.54, 1.807) is 0 Å². The van der Waals surface area contributed by atoms with E-state index in [9.17, 15) is 0 Å². The zero-order chi connectivity index (χ0) is 11.6. The molecule has 0 aliphatic rings. The Morgan fingerprint density at radius 3 is 2.47 bits per heavy atom. The Morgan fingerprint density at radius 1 is 1.40 bits per heavy atom. The number of hydrogen-bond acceptors (Lipinski definition) is 2. The Labute approximate surface area is 92.9 Å². The van der Waals surface area contributed by atoms with Gasteiger partial charge >= 0.3 is 0 Å². The molecule has 0 aliphatic heterocycles. The van der Waals surface area contributed by atoms with Crippen LogP contribution in [0.1, 0.15) is 46.4 Å². The highest BCUT2D eigenvalue weighted by molar-refractivity contribution is 5.29. The molecule has 0 fully saturated rings. The van der Waals surface area contributed by atoms with Crippen molar-refractivity contribution in [2.24, 2.45) is 5.41 Å². The maximum absolute atomic E-state index is 4.49. The molecular formula is C12H23N3. The normalized spacial score (nSPS) is 12.2. The lowest BCUT2D eigenvalue weighted by Crippen LogP contribution is -2.21. The average molecular weight is 209 g/mol. The van der Waals surface area contributed by atoms with Gasteiger partial charge in [0.05, 0.1) is 5.69 Å². The first-order chi connectivity index (χ1) is 6.79. The van der Waals surface area contributed by atoms with Crippen LogP contribution in [-0.4, -0.2) is 16.1 Å². The summed E-state index contributed by atoms with van der Waals surface area (Å²) in [5.74, 6) is 0.984. The van der Waals surface area contributed by atoms with Gasteiger partial charge in [-0.25, -0.2) is 4.98 Å². The van der Waals surface area contributed by atoms with E-state index in [0.717, 1.165) is 18.2 Å². The summed E-state index contributed by atoms with van der Waals surface area (Å²) in [7, 11) is 0. The molecule has 0 saturated heterocycles. The molecule has 0 aliphatic carbocycles. The third kappa shape index (κ3) is 3.57. The van der Waals surface area contributed by atoms with Crippen LogP contribution in [-0.2, 0) is 0 Å². The topological polar surface area (TPSA) is 29.9 Å². The number of rotatable bonds is 3. The lowest BCUT2D eigenvalue weighted by atomic mass is 9.97. The Kier molecular flexibility index (Phi) is 3.42. The van der Waals surface area contributed by atoms with Gasteiger partial charge in [0.2, 0.25) is 5.95 Å². The van der Waals surface area contributed by atoms with Crippen LogP contribution in [0.5, 0.6) is 0 Å². The van der Waals surface area contributed by atoms with E-state index in [1.165, 1.54) is 0 Å². The van der Waals surface area contributed by atoms with Gasteiger partial charge in [-0.2, -0.15) is 0 Å². The molecule has 3 nitrogen and oxygen atoms in total. The summed E-state index contributed by atoms with van der Waals surface area (Å²) in [6, 6.07) is 0.452. The second-order valence-corrected chi connectivity index (χ2v) is 5.62. The molecule has 0 aromatic carbocycles. The molecule has 1 rings (SSSR count). The largest absolute Gasteiger partial charge is 0.355 e. The molecule has 0 saturated carbocycles. The average Bonchev–Trinajstić information content (AvgIpc) is 2.42. The lowest BCUT2D eigenvalue weighted by Gasteiger charge is -2.20. The fourth-order valence-electron chi connectivity index (χ4n) is 1.38. The first-order valence-electron chi connectivity index (χ1n) is 5.59. The van der Waals surface area contributed by atoms with Gasteiger partial charge in [0, 0.05) is 18.8 Å². The van der Waals surface area contributed by atoms with Crippen molar-refractivity contribution < 1.29 is 0 Å². The second kappa shape index (κ2) is 4.25. The highest BCUT2D eigenvalue weighted by Gasteiger charge is 2.13. The van der Waals surface area contributed by atoms with Gasteiger partial charge in [-0.1, -0.05) is 20.8 Å². The number of nitrogens with one attached hydrogen (secondary N) is 1. The van der Waals surface area contributed by atoms with Crippen molar-refractivity contribution in [3.8, 4) is 0 Å². The molecule has 1 N–H and O–H groups in total. The van der Waals surface area contributed by atoms with E-state index >= 15 is 0 Å². The Bertz CT molecular complexity index is 318. The maximum atomic E-state index is 4.49. The highest BCUT2D eigenvalue weighted by atomic mass is 15.2. The van der Waals surface area contributed by atoms with Crippen LogP contribution in [0.3, 0.4) is 0 Å². The first kappa shape index (κ1) is 12.1. The fourth-order valence-corrected chi connectivity index (χ4v) is 1.38. The zero-order valence-corrected chi connectivity index (χ0v) is 10.8. The minimum Gasteiger partial charge on any atom is -0.355 e. The maximum Gasteiger partial charge on any atom is 0.203 e. The number of imidazole rings is 1. The third-order valence-electron chi connectivity index (χ3n) is 2.19. The summed E-state index contributed by atoms with van der Waals surface area (Å²) in [4.78, 5) is 4.49. The molecule has 0 unspecified atom stereocenters. The summed E-state index contributed by atoms with van der Waals surface area (Å²) in [6.07, 6.45) is 2.09. The number of anilines is 1. The van der Waals surface area contributed by atoms with Crippen molar-refractivity contribution in [2.75, 3.05) is 11.9 Å². The van der Waals surface area contributed by atoms with Gasteiger partial charge in [-0.05, 0) is 26.2 Å². The van der Waals surface area contributed by atoms with E-state index in [1.807, 2.05) is 6.92 Å². The fraction of sp³-hybridized carbons (Fsp3) is 0.750. The highest BCUT2D eigenvalue weighted by Crippen LogP contribution is 2.18. The summed E-state index contributed by atoms with van der Waals surface area (Å²) >= 11 is 0. The molecule has 0 bridgehead atoms. The summed E-state index contributed by atoms with van der Waals surface area (Å²) in [5.41, 5.74) is 1.35. The Morgan fingerprint density at radius 2 is 2.00 bits per heavy atom. The number of hydrogen-bond donors (Lipinski definition) is 1. The summed E-state index contributed by atoms with van der Waals surface area (Å²) in [5, 5.41) is 3.41. The molecule has 1 aromatic rings.